The van der Waals surface area contributed by atoms with Gasteiger partial charge in [-0.2, -0.15) is 15.2 Å². The maximum atomic E-state index is 12.9. The maximum Gasteiger partial charge on any atom is 0.318 e. The second-order valence-corrected chi connectivity index (χ2v) is 12.4. The highest BCUT2D eigenvalue weighted by Crippen LogP contribution is 2.36. The number of nitriles is 1. The number of likely N-dealkylation sites (tertiary alicyclic amines) is 1. The summed E-state index contributed by atoms with van der Waals surface area (Å²) in [4.78, 5) is 31.6. The summed E-state index contributed by atoms with van der Waals surface area (Å²) >= 11 is 5.80. The molecular formula is C33H41ClN8O2. The summed E-state index contributed by atoms with van der Waals surface area (Å²) in [5, 5.41) is 15.0. The number of anilines is 2. The van der Waals surface area contributed by atoms with Gasteiger partial charge in [-0.3, -0.25) is 0 Å². The Balaban J connectivity index is 1.31. The number of piperazine rings is 1. The fourth-order valence-electron chi connectivity index (χ4n) is 6.90. The number of aryl methyl sites for hydroxylation is 1. The van der Waals surface area contributed by atoms with E-state index in [9.17, 15) is 10.1 Å². The first kappa shape index (κ1) is 30.2. The van der Waals surface area contributed by atoms with Crippen LogP contribution >= 0.6 is 11.6 Å². The lowest BCUT2D eigenvalue weighted by molar-refractivity contribution is 0.167. The maximum absolute atomic E-state index is 12.9. The number of nitrogens with one attached hydrogen (secondary N) is 1. The van der Waals surface area contributed by atoms with E-state index in [1.54, 1.807) is 4.90 Å². The van der Waals surface area contributed by atoms with Gasteiger partial charge in [-0.1, -0.05) is 30.3 Å². The van der Waals surface area contributed by atoms with Crippen molar-refractivity contribution >= 4 is 39.9 Å². The molecule has 0 aliphatic carbocycles. The number of carbonyl (C=O) groups is 1. The predicted molar refractivity (Wildman–Crippen MR) is 174 cm³/mol. The Morgan fingerprint density at radius 1 is 1.11 bits per heavy atom. The minimum atomic E-state index is -0.259. The van der Waals surface area contributed by atoms with Crippen molar-refractivity contribution in [3.63, 3.8) is 0 Å². The highest BCUT2D eigenvalue weighted by Gasteiger charge is 2.34. The molecule has 11 heteroatoms. The van der Waals surface area contributed by atoms with E-state index in [4.69, 9.17) is 26.3 Å². The van der Waals surface area contributed by atoms with Gasteiger partial charge >= 0.3 is 12.0 Å². The number of alkyl halides is 1. The molecule has 1 unspecified atom stereocenters. The van der Waals surface area contributed by atoms with E-state index in [1.165, 1.54) is 28.4 Å². The van der Waals surface area contributed by atoms with E-state index in [-0.39, 0.29) is 18.5 Å². The van der Waals surface area contributed by atoms with Crippen LogP contribution in [0.2, 0.25) is 0 Å². The van der Waals surface area contributed by atoms with Gasteiger partial charge in [0.1, 0.15) is 12.4 Å². The topological polar surface area (TPSA) is 101 Å². The fourth-order valence-corrected chi connectivity index (χ4v) is 7.00. The monoisotopic (exact) mass is 616 g/mol. The van der Waals surface area contributed by atoms with Gasteiger partial charge in [0.15, 0.2) is 0 Å². The van der Waals surface area contributed by atoms with Crippen LogP contribution in [0, 0.1) is 18.3 Å². The molecule has 1 aromatic heterocycles. The minimum absolute atomic E-state index is 0.180. The summed E-state index contributed by atoms with van der Waals surface area (Å²) in [5.74, 6) is 1.21. The normalized spacial score (nSPS) is 20.5. The summed E-state index contributed by atoms with van der Waals surface area (Å²) in [7, 11) is 2.14. The van der Waals surface area contributed by atoms with Crippen LogP contribution in [-0.4, -0.2) is 96.7 Å². The number of carbonyl (C=O) groups excluding carboxylic acids is 1. The number of hydrogen-bond donors (Lipinski definition) is 1. The number of hydrogen-bond acceptors (Lipinski definition) is 8. The Bertz CT molecular complexity index is 1540. The highest BCUT2D eigenvalue weighted by molar-refractivity contribution is 6.18. The number of amides is 2. The molecule has 6 rings (SSSR count). The van der Waals surface area contributed by atoms with Crippen molar-refractivity contribution in [3.05, 3.63) is 53.2 Å². The van der Waals surface area contributed by atoms with E-state index in [1.807, 2.05) is 0 Å². The van der Waals surface area contributed by atoms with Crippen LogP contribution < -0.4 is 19.9 Å². The Morgan fingerprint density at radius 2 is 1.95 bits per heavy atom. The summed E-state index contributed by atoms with van der Waals surface area (Å²) in [6, 6.07) is 15.5. The summed E-state index contributed by atoms with van der Waals surface area (Å²) < 4.78 is 6.32. The smallest absolute Gasteiger partial charge is 0.318 e. The first-order valence-electron chi connectivity index (χ1n) is 15.6. The van der Waals surface area contributed by atoms with Crippen molar-refractivity contribution in [1.29, 1.82) is 5.26 Å². The number of rotatable bonds is 8. The molecule has 44 heavy (non-hydrogen) atoms. The Kier molecular flexibility index (Phi) is 9.24. The lowest BCUT2D eigenvalue weighted by Gasteiger charge is -2.42. The average Bonchev–Trinajstić information content (AvgIpc) is 3.46. The number of fused-ring (bicyclic) bond motifs is 2. The molecule has 3 aliphatic heterocycles. The molecular weight excluding hydrogens is 576 g/mol. The number of halogens is 1. The van der Waals surface area contributed by atoms with Crippen LogP contribution in [0.5, 0.6) is 6.01 Å². The van der Waals surface area contributed by atoms with Gasteiger partial charge < -0.3 is 29.7 Å². The van der Waals surface area contributed by atoms with Crippen molar-refractivity contribution in [3.8, 4) is 12.1 Å². The van der Waals surface area contributed by atoms with E-state index < -0.39 is 0 Å². The number of nitrogens with zero attached hydrogens (tertiary/aromatic N) is 7. The van der Waals surface area contributed by atoms with E-state index >= 15 is 0 Å². The molecule has 3 aromatic rings. The van der Waals surface area contributed by atoms with Crippen molar-refractivity contribution in [2.45, 2.75) is 51.2 Å². The molecule has 0 saturated carbocycles. The lowest BCUT2D eigenvalue weighted by Crippen LogP contribution is -2.58. The number of urea groups is 1. The SMILES string of the molecule is Cc1cccc2cccc(N3CCc4c(nc(OC[C@@H]5CCCN5C)nc4N4CCN(C(=O)NCCCl)C(CC#N)C4)C3)c12. The van der Waals surface area contributed by atoms with Gasteiger partial charge in [0.2, 0.25) is 0 Å². The zero-order chi connectivity index (χ0) is 30.6. The number of ether oxygens (including phenoxy) is 1. The number of aromatic nitrogens is 2. The van der Waals surface area contributed by atoms with Gasteiger partial charge in [-0.15, -0.1) is 11.6 Å². The molecule has 232 valence electrons. The first-order chi connectivity index (χ1) is 21.5. The van der Waals surface area contributed by atoms with E-state index in [0.717, 1.165) is 43.0 Å². The summed E-state index contributed by atoms with van der Waals surface area (Å²) in [6.07, 6.45) is 3.30. The molecule has 1 N–H and O–H groups in total. The molecule has 3 aliphatic rings. The van der Waals surface area contributed by atoms with Crippen LogP contribution in [0.3, 0.4) is 0 Å². The molecule has 0 bridgehead atoms. The van der Waals surface area contributed by atoms with Crippen LogP contribution in [0.1, 0.15) is 36.1 Å². The molecule has 0 spiro atoms. The molecule has 2 atom stereocenters. The van der Waals surface area contributed by atoms with Gasteiger partial charge in [0, 0.05) is 61.3 Å². The largest absolute Gasteiger partial charge is 0.462 e. The Morgan fingerprint density at radius 3 is 2.73 bits per heavy atom. The molecule has 2 saturated heterocycles. The summed E-state index contributed by atoms with van der Waals surface area (Å²) in [6.45, 7) is 7.29. The van der Waals surface area contributed by atoms with Gasteiger partial charge in [0.05, 0.1) is 30.8 Å². The molecule has 0 radical (unpaired) electrons. The van der Waals surface area contributed by atoms with Crippen molar-refractivity contribution in [2.75, 3.05) is 68.6 Å². The van der Waals surface area contributed by atoms with Gasteiger partial charge in [-0.05, 0) is 56.8 Å². The van der Waals surface area contributed by atoms with Crippen LogP contribution in [-0.2, 0) is 13.0 Å². The van der Waals surface area contributed by atoms with Gasteiger partial charge in [0.25, 0.3) is 0 Å². The van der Waals surface area contributed by atoms with Crippen molar-refractivity contribution in [2.24, 2.45) is 0 Å². The first-order valence-corrected chi connectivity index (χ1v) is 16.2. The number of likely N-dealkylation sites (N-methyl/N-ethyl adjacent to an activating group) is 1. The van der Waals surface area contributed by atoms with Gasteiger partial charge in [-0.25, -0.2) is 4.79 Å². The second-order valence-electron chi connectivity index (χ2n) is 12.0. The van der Waals surface area contributed by atoms with Crippen LogP contribution in [0.15, 0.2) is 36.4 Å². The van der Waals surface area contributed by atoms with Crippen LogP contribution in [0.4, 0.5) is 16.3 Å². The summed E-state index contributed by atoms with van der Waals surface area (Å²) in [5.41, 5.74) is 4.57. The molecule has 2 amide bonds. The minimum Gasteiger partial charge on any atom is -0.462 e. The predicted octanol–water partition coefficient (Wildman–Crippen LogP) is 4.33. The standard InChI is InChI=1S/C33H41ClN8O2/c1-23-6-3-7-24-8-4-10-29(30(23)24)40-17-12-27-28(21-40)37-32(44-22-26-9-5-16-39(26)2)38-31(27)41-18-19-42(25(20-41)11-14-35)33(43)36-15-13-34/h3-4,6-8,10,25-26H,5,9,11-13,15-22H2,1-2H3,(H,36,43)/t25?,26-/m0/s1. The van der Waals surface area contributed by atoms with Crippen molar-refractivity contribution in [1.82, 2.24) is 25.1 Å². The third-order valence-electron chi connectivity index (χ3n) is 9.27. The fraction of sp³-hybridized carbons (Fsp3) is 0.515. The lowest BCUT2D eigenvalue weighted by atomic mass is 9.99. The third kappa shape index (κ3) is 6.21. The molecule has 10 nitrogen and oxygen atoms in total. The molecule has 2 fully saturated rings. The average molecular weight is 617 g/mol. The molecule has 4 heterocycles. The highest BCUT2D eigenvalue weighted by atomic mass is 35.5. The van der Waals surface area contributed by atoms with E-state index in [0.29, 0.717) is 57.3 Å². The van der Waals surface area contributed by atoms with Crippen LogP contribution in [0.25, 0.3) is 10.8 Å². The third-order valence-corrected chi connectivity index (χ3v) is 9.46. The van der Waals surface area contributed by atoms with Crippen molar-refractivity contribution < 1.29 is 9.53 Å². The zero-order valence-corrected chi connectivity index (χ0v) is 26.4. The second kappa shape index (κ2) is 13.4. The Labute approximate surface area is 264 Å². The Hall–Kier alpha value is -3.81. The van der Waals surface area contributed by atoms with E-state index in [2.05, 4.69) is 76.5 Å². The number of benzene rings is 2. The molecule has 2 aromatic carbocycles. The quantitative estimate of drug-likeness (QED) is 0.374. The zero-order valence-electron chi connectivity index (χ0n) is 25.6.